The molecule has 20 heavy (non-hydrogen) atoms. The van der Waals surface area contributed by atoms with Crippen LogP contribution in [0.5, 0.6) is 5.75 Å². The van der Waals surface area contributed by atoms with Gasteiger partial charge in [-0.25, -0.2) is 0 Å². The number of carbonyl (C=O) groups is 1. The fraction of sp³-hybridized carbons (Fsp3) is 0.562. The number of nitrogens with zero attached hydrogens (tertiary/aromatic N) is 1. The summed E-state index contributed by atoms with van der Waals surface area (Å²) in [5.41, 5.74) is 1.09. The summed E-state index contributed by atoms with van der Waals surface area (Å²) in [5.74, 6) is 1.42. The van der Waals surface area contributed by atoms with E-state index in [2.05, 4.69) is 26.1 Å². The Balaban J connectivity index is 2.29. The molecule has 1 aliphatic heterocycles. The molecule has 1 saturated heterocycles. The van der Waals surface area contributed by atoms with Crippen molar-refractivity contribution < 1.29 is 9.53 Å². The lowest BCUT2D eigenvalue weighted by Crippen LogP contribution is -2.41. The van der Waals surface area contributed by atoms with Crippen LogP contribution in [0.25, 0.3) is 0 Å². The van der Waals surface area contributed by atoms with E-state index in [1.54, 1.807) is 7.11 Å². The summed E-state index contributed by atoms with van der Waals surface area (Å²) in [7, 11) is 1.65. The van der Waals surface area contributed by atoms with E-state index in [0.29, 0.717) is 5.92 Å². The molecule has 1 amide bonds. The van der Waals surface area contributed by atoms with Crippen LogP contribution in [-0.2, 0) is 4.79 Å². The molecule has 110 valence electrons. The van der Waals surface area contributed by atoms with E-state index < -0.39 is 0 Å². The van der Waals surface area contributed by atoms with E-state index in [4.69, 9.17) is 4.74 Å². The minimum atomic E-state index is -0.136. The predicted octanol–water partition coefficient (Wildman–Crippen LogP) is 2.56. The number of carbonyl (C=O) groups excluding carboxylic acids is 1. The van der Waals surface area contributed by atoms with Gasteiger partial charge in [-0.2, -0.15) is 0 Å². The van der Waals surface area contributed by atoms with Gasteiger partial charge in [0.1, 0.15) is 11.9 Å². The minimum Gasteiger partial charge on any atom is -0.497 e. The third-order valence-electron chi connectivity index (χ3n) is 4.15. The number of amides is 1. The molecule has 1 aliphatic rings. The molecule has 0 aromatic heterocycles. The summed E-state index contributed by atoms with van der Waals surface area (Å²) in [6.07, 6.45) is -0.0548. The molecule has 0 aliphatic carbocycles. The molecule has 1 N–H and O–H groups in total. The van der Waals surface area contributed by atoms with Gasteiger partial charge < -0.3 is 9.64 Å². The van der Waals surface area contributed by atoms with Crippen LogP contribution in [0.4, 0.5) is 0 Å². The number of hydrogen-bond acceptors (Lipinski definition) is 3. The molecule has 3 unspecified atom stereocenters. The zero-order valence-corrected chi connectivity index (χ0v) is 12.9. The third-order valence-corrected chi connectivity index (χ3v) is 4.15. The van der Waals surface area contributed by atoms with Crippen LogP contribution in [0, 0.1) is 5.92 Å². The molecule has 1 fully saturated rings. The summed E-state index contributed by atoms with van der Waals surface area (Å²) in [6.45, 7) is 8.32. The molecule has 0 spiro atoms. The first kappa shape index (κ1) is 14.9. The van der Waals surface area contributed by atoms with Crippen molar-refractivity contribution in [2.24, 2.45) is 5.92 Å². The van der Waals surface area contributed by atoms with Crippen LogP contribution in [0.3, 0.4) is 0 Å². The maximum atomic E-state index is 12.4. The Labute approximate surface area is 121 Å². The molecule has 0 radical (unpaired) electrons. The fourth-order valence-corrected chi connectivity index (χ4v) is 2.54. The van der Waals surface area contributed by atoms with Crippen molar-refractivity contribution in [2.75, 3.05) is 7.11 Å². The Kier molecular flexibility index (Phi) is 4.33. The highest BCUT2D eigenvalue weighted by Crippen LogP contribution is 2.30. The van der Waals surface area contributed by atoms with Crippen LogP contribution < -0.4 is 10.1 Å². The zero-order valence-electron chi connectivity index (χ0n) is 12.9. The SMILES string of the molecule is COc1ccc(C2NC(C)C(=O)N2C(C)C(C)C)cc1. The van der Waals surface area contributed by atoms with Crippen LogP contribution >= 0.6 is 0 Å². The van der Waals surface area contributed by atoms with Gasteiger partial charge in [0.25, 0.3) is 0 Å². The Bertz CT molecular complexity index is 470. The van der Waals surface area contributed by atoms with E-state index >= 15 is 0 Å². The first-order valence-corrected chi connectivity index (χ1v) is 7.18. The molecule has 4 nitrogen and oxygen atoms in total. The molecule has 1 aromatic rings. The second kappa shape index (κ2) is 5.83. The maximum absolute atomic E-state index is 12.4. The summed E-state index contributed by atoms with van der Waals surface area (Å²) < 4.78 is 5.19. The summed E-state index contributed by atoms with van der Waals surface area (Å²) in [4.78, 5) is 14.4. The summed E-state index contributed by atoms with van der Waals surface area (Å²) in [6, 6.07) is 7.96. The highest BCUT2D eigenvalue weighted by atomic mass is 16.5. The highest BCUT2D eigenvalue weighted by molar-refractivity contribution is 5.84. The number of hydrogen-bond donors (Lipinski definition) is 1. The molecule has 3 atom stereocenters. The smallest absolute Gasteiger partial charge is 0.241 e. The van der Waals surface area contributed by atoms with Crippen LogP contribution in [0.1, 0.15) is 39.4 Å². The fourth-order valence-electron chi connectivity index (χ4n) is 2.54. The van der Waals surface area contributed by atoms with Crippen molar-refractivity contribution in [3.8, 4) is 5.75 Å². The number of rotatable bonds is 4. The molecular formula is C16H24N2O2. The minimum absolute atomic E-state index is 0.0548. The van der Waals surface area contributed by atoms with Gasteiger partial charge in [-0.05, 0) is 37.5 Å². The van der Waals surface area contributed by atoms with Crippen molar-refractivity contribution in [2.45, 2.75) is 45.9 Å². The highest BCUT2D eigenvalue weighted by Gasteiger charge is 2.40. The van der Waals surface area contributed by atoms with Crippen molar-refractivity contribution >= 4 is 5.91 Å². The zero-order chi connectivity index (χ0) is 14.9. The van der Waals surface area contributed by atoms with E-state index in [-0.39, 0.29) is 24.2 Å². The topological polar surface area (TPSA) is 41.6 Å². The Morgan fingerprint density at radius 1 is 1.20 bits per heavy atom. The quantitative estimate of drug-likeness (QED) is 0.919. The van der Waals surface area contributed by atoms with Gasteiger partial charge in [-0.1, -0.05) is 26.0 Å². The second-order valence-corrected chi connectivity index (χ2v) is 5.79. The van der Waals surface area contributed by atoms with Gasteiger partial charge in [0.05, 0.1) is 13.2 Å². The van der Waals surface area contributed by atoms with Crippen molar-refractivity contribution in [1.82, 2.24) is 10.2 Å². The molecular weight excluding hydrogens is 252 g/mol. The van der Waals surface area contributed by atoms with E-state index in [0.717, 1.165) is 11.3 Å². The number of methoxy groups -OCH3 is 1. The first-order valence-electron chi connectivity index (χ1n) is 7.18. The van der Waals surface area contributed by atoms with Gasteiger partial charge in [-0.15, -0.1) is 0 Å². The van der Waals surface area contributed by atoms with Gasteiger partial charge in [0, 0.05) is 6.04 Å². The first-order chi connectivity index (χ1) is 9.45. The van der Waals surface area contributed by atoms with Crippen LogP contribution in [0.2, 0.25) is 0 Å². The average molecular weight is 276 g/mol. The molecule has 1 aromatic carbocycles. The molecule has 1 heterocycles. The van der Waals surface area contributed by atoms with E-state index in [9.17, 15) is 4.79 Å². The van der Waals surface area contributed by atoms with Gasteiger partial charge in [0.2, 0.25) is 5.91 Å². The lowest BCUT2D eigenvalue weighted by atomic mass is 10.0. The van der Waals surface area contributed by atoms with E-state index in [1.807, 2.05) is 36.1 Å². The van der Waals surface area contributed by atoms with Crippen LogP contribution in [-0.4, -0.2) is 30.0 Å². The van der Waals surface area contributed by atoms with Crippen molar-refractivity contribution in [3.63, 3.8) is 0 Å². The van der Waals surface area contributed by atoms with Crippen molar-refractivity contribution in [1.29, 1.82) is 0 Å². The predicted molar refractivity (Wildman–Crippen MR) is 79.5 cm³/mol. The molecule has 0 bridgehead atoms. The maximum Gasteiger partial charge on any atom is 0.241 e. The Morgan fingerprint density at radius 3 is 2.30 bits per heavy atom. The van der Waals surface area contributed by atoms with Crippen molar-refractivity contribution in [3.05, 3.63) is 29.8 Å². The van der Waals surface area contributed by atoms with Gasteiger partial charge in [0.15, 0.2) is 0 Å². The van der Waals surface area contributed by atoms with Gasteiger partial charge in [-0.3, -0.25) is 10.1 Å². The lowest BCUT2D eigenvalue weighted by molar-refractivity contribution is -0.132. The molecule has 0 saturated carbocycles. The number of nitrogens with one attached hydrogen (secondary N) is 1. The average Bonchev–Trinajstić information content (AvgIpc) is 2.74. The lowest BCUT2D eigenvalue weighted by Gasteiger charge is -2.33. The van der Waals surface area contributed by atoms with Crippen LogP contribution in [0.15, 0.2) is 24.3 Å². The molecule has 2 rings (SSSR count). The number of ether oxygens (including phenoxy) is 1. The monoisotopic (exact) mass is 276 g/mol. The van der Waals surface area contributed by atoms with Gasteiger partial charge >= 0.3 is 0 Å². The Morgan fingerprint density at radius 2 is 1.80 bits per heavy atom. The van der Waals surface area contributed by atoms with E-state index in [1.165, 1.54) is 0 Å². The third kappa shape index (κ3) is 2.66. The standard InChI is InChI=1S/C16H24N2O2/c1-10(2)12(4)18-15(17-11(3)16(18)19)13-6-8-14(20-5)9-7-13/h6-12,15,17H,1-5H3. The number of benzene rings is 1. The Hall–Kier alpha value is -1.55. The largest absolute Gasteiger partial charge is 0.497 e. The second-order valence-electron chi connectivity index (χ2n) is 5.79. The summed E-state index contributed by atoms with van der Waals surface area (Å²) >= 11 is 0. The normalized spacial score (nSPS) is 24.3. The summed E-state index contributed by atoms with van der Waals surface area (Å²) in [5, 5.41) is 3.38. The molecule has 4 heteroatoms.